The zero-order valence-corrected chi connectivity index (χ0v) is 17.0. The van der Waals surface area contributed by atoms with E-state index in [0.717, 1.165) is 18.8 Å². The number of halogens is 2. The number of carbonyl (C=O) groups excluding carboxylic acids is 1. The Labute approximate surface area is 173 Å². The minimum atomic E-state index is -0.106. The van der Waals surface area contributed by atoms with Crippen molar-refractivity contribution in [3.63, 3.8) is 0 Å². The highest BCUT2D eigenvalue weighted by molar-refractivity contribution is 6.35. The van der Waals surface area contributed by atoms with Crippen molar-refractivity contribution in [3.8, 4) is 5.75 Å². The van der Waals surface area contributed by atoms with Crippen LogP contribution in [0.5, 0.6) is 5.75 Å². The van der Waals surface area contributed by atoms with Crippen LogP contribution in [-0.2, 0) is 4.74 Å². The molecule has 0 aliphatic carbocycles. The Balaban J connectivity index is 1.43. The van der Waals surface area contributed by atoms with Crippen molar-refractivity contribution in [2.24, 2.45) is 0 Å². The molecule has 2 aromatic rings. The van der Waals surface area contributed by atoms with E-state index in [2.05, 4.69) is 9.88 Å². The van der Waals surface area contributed by atoms with Gasteiger partial charge in [0.25, 0.3) is 5.91 Å². The molecule has 2 aliphatic heterocycles. The second-order valence-corrected chi connectivity index (χ2v) is 7.76. The second kappa shape index (κ2) is 8.25. The van der Waals surface area contributed by atoms with Gasteiger partial charge in [-0.1, -0.05) is 29.3 Å². The minimum absolute atomic E-state index is 0.0813. The molecule has 8 heteroatoms. The number of amides is 1. The Morgan fingerprint density at radius 2 is 2.11 bits per heavy atom. The summed E-state index contributed by atoms with van der Waals surface area (Å²) in [6, 6.07) is 9.01. The molecule has 0 radical (unpaired) electrons. The smallest absolute Gasteiger partial charge is 0.255 e. The SMILES string of the molecule is COc1cccc(C(=O)N2CCN3C[C@@H](c4cc(Cl)ccn4)OC[C@@H]3C2)c1Cl. The predicted octanol–water partition coefficient (Wildman–Crippen LogP) is 3.29. The molecule has 1 aromatic heterocycles. The fraction of sp³-hybridized carbons (Fsp3) is 0.400. The molecule has 1 amide bonds. The lowest BCUT2D eigenvalue weighted by atomic mass is 10.1. The summed E-state index contributed by atoms with van der Waals surface area (Å²) in [5.41, 5.74) is 1.31. The molecule has 0 unspecified atom stereocenters. The van der Waals surface area contributed by atoms with Crippen molar-refractivity contribution < 1.29 is 14.3 Å². The van der Waals surface area contributed by atoms with Gasteiger partial charge in [-0.05, 0) is 24.3 Å². The number of nitrogens with zero attached hydrogens (tertiary/aromatic N) is 3. The lowest BCUT2D eigenvalue weighted by Gasteiger charge is -2.46. The molecule has 2 atom stereocenters. The number of fused-ring (bicyclic) bond motifs is 1. The number of piperazine rings is 1. The number of morpholine rings is 1. The average molecular weight is 422 g/mol. The number of carbonyl (C=O) groups is 1. The zero-order chi connectivity index (χ0) is 19.7. The Hall–Kier alpha value is -1.86. The summed E-state index contributed by atoms with van der Waals surface area (Å²) in [4.78, 5) is 21.6. The van der Waals surface area contributed by atoms with Crippen molar-refractivity contribution in [1.82, 2.24) is 14.8 Å². The number of benzene rings is 1. The van der Waals surface area contributed by atoms with E-state index < -0.39 is 0 Å². The third-order valence-corrected chi connectivity index (χ3v) is 5.89. The van der Waals surface area contributed by atoms with Crippen molar-refractivity contribution in [3.05, 3.63) is 57.8 Å². The Morgan fingerprint density at radius 3 is 2.89 bits per heavy atom. The average Bonchev–Trinajstić information content (AvgIpc) is 2.72. The van der Waals surface area contributed by atoms with Gasteiger partial charge in [0, 0.05) is 37.4 Å². The Bertz CT molecular complexity index is 880. The molecule has 6 nitrogen and oxygen atoms in total. The van der Waals surface area contributed by atoms with Gasteiger partial charge >= 0.3 is 0 Å². The molecule has 28 heavy (non-hydrogen) atoms. The van der Waals surface area contributed by atoms with Gasteiger partial charge in [-0.2, -0.15) is 0 Å². The van der Waals surface area contributed by atoms with Gasteiger partial charge < -0.3 is 14.4 Å². The first-order valence-corrected chi connectivity index (χ1v) is 9.91. The summed E-state index contributed by atoms with van der Waals surface area (Å²) in [6.45, 7) is 3.29. The molecule has 0 N–H and O–H groups in total. The van der Waals surface area contributed by atoms with Gasteiger partial charge in [-0.25, -0.2) is 0 Å². The monoisotopic (exact) mass is 421 g/mol. The molecular formula is C20H21Cl2N3O3. The molecule has 1 aromatic carbocycles. The summed E-state index contributed by atoms with van der Waals surface area (Å²) < 4.78 is 11.3. The van der Waals surface area contributed by atoms with Crippen LogP contribution in [0.25, 0.3) is 0 Å². The lowest BCUT2D eigenvalue weighted by Crippen LogP contribution is -2.59. The highest BCUT2D eigenvalue weighted by atomic mass is 35.5. The Morgan fingerprint density at radius 1 is 1.25 bits per heavy atom. The van der Waals surface area contributed by atoms with Gasteiger partial charge in [-0.3, -0.25) is 14.7 Å². The molecule has 3 heterocycles. The number of hydrogen-bond acceptors (Lipinski definition) is 5. The normalized spacial score (nSPS) is 22.6. The van der Waals surface area contributed by atoms with Crippen molar-refractivity contribution in [2.45, 2.75) is 12.1 Å². The quantitative estimate of drug-likeness (QED) is 0.760. The molecule has 2 fully saturated rings. The van der Waals surface area contributed by atoms with Crippen molar-refractivity contribution in [2.75, 3.05) is 39.9 Å². The molecular weight excluding hydrogens is 401 g/mol. The van der Waals surface area contributed by atoms with E-state index in [4.69, 9.17) is 32.7 Å². The number of rotatable bonds is 3. The summed E-state index contributed by atoms with van der Waals surface area (Å²) in [6.07, 6.45) is 1.59. The van der Waals surface area contributed by atoms with Crippen LogP contribution in [0.3, 0.4) is 0 Å². The third kappa shape index (κ3) is 3.82. The van der Waals surface area contributed by atoms with E-state index in [1.54, 1.807) is 37.6 Å². The molecule has 2 aliphatic rings. The van der Waals surface area contributed by atoms with Crippen LogP contribution in [0.1, 0.15) is 22.2 Å². The summed E-state index contributed by atoms with van der Waals surface area (Å²) >= 11 is 12.4. The maximum Gasteiger partial charge on any atom is 0.255 e. The largest absolute Gasteiger partial charge is 0.495 e. The van der Waals surface area contributed by atoms with E-state index in [1.807, 2.05) is 11.0 Å². The van der Waals surface area contributed by atoms with Crippen LogP contribution in [0.15, 0.2) is 36.5 Å². The van der Waals surface area contributed by atoms with Gasteiger partial charge in [0.15, 0.2) is 0 Å². The van der Waals surface area contributed by atoms with Gasteiger partial charge in [0.2, 0.25) is 0 Å². The summed E-state index contributed by atoms with van der Waals surface area (Å²) in [5, 5.41) is 1.01. The number of methoxy groups -OCH3 is 1. The first-order chi connectivity index (χ1) is 13.6. The number of pyridine rings is 1. The fourth-order valence-electron chi connectivity index (χ4n) is 3.75. The lowest BCUT2D eigenvalue weighted by molar-refractivity contribution is -0.0872. The van der Waals surface area contributed by atoms with E-state index in [0.29, 0.717) is 41.1 Å². The topological polar surface area (TPSA) is 54.9 Å². The fourth-order valence-corrected chi connectivity index (χ4v) is 4.20. The maximum atomic E-state index is 13.0. The number of aromatic nitrogens is 1. The molecule has 148 valence electrons. The maximum absolute atomic E-state index is 13.0. The first-order valence-electron chi connectivity index (χ1n) is 9.15. The number of hydrogen-bond donors (Lipinski definition) is 0. The van der Waals surface area contributed by atoms with E-state index >= 15 is 0 Å². The van der Waals surface area contributed by atoms with Crippen LogP contribution in [0.4, 0.5) is 0 Å². The standard InChI is InChI=1S/C20H21Cl2N3O3/c1-27-17-4-2-3-15(19(17)22)20(26)25-8-7-24-11-18(28-12-14(24)10-25)16-9-13(21)5-6-23-16/h2-6,9,14,18H,7-8,10-12H2,1H3/t14-,18-/m0/s1. The molecule has 2 saturated heterocycles. The molecule has 0 saturated carbocycles. The van der Waals surface area contributed by atoms with Crippen LogP contribution in [0.2, 0.25) is 10.0 Å². The Kier molecular flexibility index (Phi) is 5.73. The molecule has 4 rings (SSSR count). The summed E-state index contributed by atoms with van der Waals surface area (Å²) in [5.74, 6) is 0.422. The van der Waals surface area contributed by atoms with Gasteiger partial charge in [-0.15, -0.1) is 0 Å². The minimum Gasteiger partial charge on any atom is -0.495 e. The van der Waals surface area contributed by atoms with Crippen LogP contribution in [-0.4, -0.2) is 66.6 Å². The van der Waals surface area contributed by atoms with Crippen molar-refractivity contribution >= 4 is 29.1 Å². The van der Waals surface area contributed by atoms with E-state index in [9.17, 15) is 4.79 Å². The molecule has 0 spiro atoms. The highest BCUT2D eigenvalue weighted by Gasteiger charge is 2.36. The first kappa shape index (κ1) is 19.5. The van der Waals surface area contributed by atoms with E-state index in [-0.39, 0.29) is 18.1 Å². The zero-order valence-electron chi connectivity index (χ0n) is 15.5. The highest BCUT2D eigenvalue weighted by Crippen LogP contribution is 2.31. The van der Waals surface area contributed by atoms with Crippen molar-refractivity contribution in [1.29, 1.82) is 0 Å². The van der Waals surface area contributed by atoms with Crippen LogP contribution < -0.4 is 4.74 Å². The molecule has 0 bridgehead atoms. The summed E-state index contributed by atoms with van der Waals surface area (Å²) in [7, 11) is 1.54. The second-order valence-electron chi connectivity index (χ2n) is 6.94. The third-order valence-electron chi connectivity index (χ3n) is 5.27. The van der Waals surface area contributed by atoms with Crippen LogP contribution in [0, 0.1) is 0 Å². The predicted molar refractivity (Wildman–Crippen MR) is 107 cm³/mol. The van der Waals surface area contributed by atoms with Gasteiger partial charge in [0.05, 0.1) is 36.0 Å². The van der Waals surface area contributed by atoms with Gasteiger partial charge in [0.1, 0.15) is 11.9 Å². The van der Waals surface area contributed by atoms with Crippen LogP contribution >= 0.6 is 23.2 Å². The number of ether oxygens (including phenoxy) is 2. The van der Waals surface area contributed by atoms with E-state index in [1.165, 1.54) is 0 Å².